The van der Waals surface area contributed by atoms with Crippen LogP contribution in [0.25, 0.3) is 0 Å². The Hall–Kier alpha value is -5.98. The molecule has 1 atom stereocenters. The van der Waals surface area contributed by atoms with Gasteiger partial charge in [-0.15, -0.1) is 0 Å². The van der Waals surface area contributed by atoms with Crippen LogP contribution >= 0.6 is 11.6 Å². The van der Waals surface area contributed by atoms with Crippen molar-refractivity contribution in [3.63, 3.8) is 0 Å². The van der Waals surface area contributed by atoms with Crippen molar-refractivity contribution in [3.05, 3.63) is 82.9 Å². The van der Waals surface area contributed by atoms with Gasteiger partial charge in [-0.1, -0.05) is 30.7 Å². The number of benzene rings is 2. The van der Waals surface area contributed by atoms with Crippen LogP contribution in [0, 0.1) is 5.41 Å². The molecule has 20 heteroatoms. The molecule has 0 saturated heterocycles. The van der Waals surface area contributed by atoms with Crippen molar-refractivity contribution in [2.75, 3.05) is 37.4 Å². The minimum Gasteiger partial charge on any atom is -0.467 e. The Kier molecular flexibility index (Phi) is 12.7. The van der Waals surface area contributed by atoms with E-state index in [4.69, 9.17) is 21.1 Å². The molecule has 2 saturated carbocycles. The summed E-state index contributed by atoms with van der Waals surface area (Å²) in [7, 11) is 1.15. The minimum absolute atomic E-state index is 0.0255. The summed E-state index contributed by atoms with van der Waals surface area (Å²) in [6.45, 7) is 1.29. The van der Waals surface area contributed by atoms with Crippen LogP contribution in [0.5, 0.6) is 6.01 Å². The zero-order valence-electron chi connectivity index (χ0n) is 31.6. The number of nitrogens with zero attached hydrogens (tertiary/aromatic N) is 5. The van der Waals surface area contributed by atoms with Crippen molar-refractivity contribution >= 4 is 52.9 Å². The van der Waals surface area contributed by atoms with Crippen LogP contribution in [0.2, 0.25) is 5.02 Å². The van der Waals surface area contributed by atoms with E-state index in [1.165, 1.54) is 24.3 Å². The lowest BCUT2D eigenvalue weighted by atomic mass is 10.1. The lowest BCUT2D eigenvalue weighted by molar-refractivity contribution is -0.154. The summed E-state index contributed by atoms with van der Waals surface area (Å²) in [6.07, 6.45) is 2.95. The molecular formula is C38H42ClF3N10O6. The first-order valence-corrected chi connectivity index (χ1v) is 18.9. The number of hydrogen-bond acceptors (Lipinski definition) is 12. The summed E-state index contributed by atoms with van der Waals surface area (Å²) < 4.78 is 50.7. The first-order valence-electron chi connectivity index (χ1n) is 18.5. The van der Waals surface area contributed by atoms with Gasteiger partial charge in [0, 0.05) is 60.1 Å². The molecule has 2 heterocycles. The molecule has 0 radical (unpaired) electrons. The van der Waals surface area contributed by atoms with Crippen LogP contribution in [0.1, 0.15) is 60.8 Å². The minimum atomic E-state index is -4.64. The fraction of sp³-hybridized carbons (Fsp3) is 0.421. The van der Waals surface area contributed by atoms with E-state index in [9.17, 15) is 32.3 Å². The molecular weight excluding hydrogens is 785 g/mol. The zero-order chi connectivity index (χ0) is 41.5. The van der Waals surface area contributed by atoms with Gasteiger partial charge in [-0.05, 0) is 74.1 Å². The van der Waals surface area contributed by atoms with E-state index < -0.39 is 54.1 Å². The number of aryl methyl sites for hydroxylation is 1. The number of methoxy groups -OCH3 is 1. The first kappa shape index (κ1) is 41.6. The number of rotatable bonds is 18. The number of carbonyl (C=O) groups excluding carboxylic acids is 4. The standard InChI is InChI=1S/C38H42ClF3N10O6/c1-3-28-43-18-19-52(28)21-36(13-14-36)20-45-31(55)30(54)44-17-12-27(32(56)57-2)47-29(53)23-4-10-26(11-5-23)46-33-48-34(50-35(49-33)58-22-38(40,41)42)51-37(15-16-37)24-6-8-25(39)9-7-24/h4-11,18-19,27H,3,12-17,20-22H2,1-2H3,(H,44,54)(H,45,55)(H,47,53)(H2,46,48,49,50,51)/t27-/m1/s1. The summed E-state index contributed by atoms with van der Waals surface area (Å²) in [5.74, 6) is -2.30. The highest BCUT2D eigenvalue weighted by molar-refractivity contribution is 6.35. The molecule has 6 rings (SSSR count). The summed E-state index contributed by atoms with van der Waals surface area (Å²) in [4.78, 5) is 67.5. The molecule has 3 amide bonds. The van der Waals surface area contributed by atoms with Crippen molar-refractivity contribution in [2.24, 2.45) is 5.41 Å². The summed E-state index contributed by atoms with van der Waals surface area (Å²) in [5.41, 5.74) is 0.705. The van der Waals surface area contributed by atoms with Gasteiger partial charge in [0.2, 0.25) is 11.9 Å². The van der Waals surface area contributed by atoms with Crippen LogP contribution in [0.3, 0.4) is 0 Å². The van der Waals surface area contributed by atoms with Gasteiger partial charge in [0.15, 0.2) is 6.61 Å². The van der Waals surface area contributed by atoms with Crippen molar-refractivity contribution in [3.8, 4) is 6.01 Å². The first-order chi connectivity index (χ1) is 27.7. The molecule has 2 aromatic heterocycles. The maximum Gasteiger partial charge on any atom is 0.422 e. The molecule has 2 fully saturated rings. The summed E-state index contributed by atoms with van der Waals surface area (Å²) in [5, 5.41) is 14.4. The number of amides is 3. The van der Waals surface area contributed by atoms with Crippen LogP contribution in [0.4, 0.5) is 30.8 Å². The van der Waals surface area contributed by atoms with Gasteiger partial charge in [-0.2, -0.15) is 28.1 Å². The van der Waals surface area contributed by atoms with Gasteiger partial charge in [0.05, 0.1) is 12.6 Å². The quantitative estimate of drug-likeness (QED) is 0.0698. The number of carbonyl (C=O) groups is 4. The zero-order valence-corrected chi connectivity index (χ0v) is 32.4. The molecule has 58 heavy (non-hydrogen) atoms. The average Bonchev–Trinajstić information content (AvgIpc) is 4.11. The molecule has 2 aromatic carbocycles. The largest absolute Gasteiger partial charge is 0.467 e. The highest BCUT2D eigenvalue weighted by Crippen LogP contribution is 2.48. The van der Waals surface area contributed by atoms with Crippen LogP contribution in [-0.2, 0) is 37.6 Å². The Morgan fingerprint density at radius 2 is 1.62 bits per heavy atom. The fourth-order valence-corrected chi connectivity index (χ4v) is 6.35. The van der Waals surface area contributed by atoms with Gasteiger partial charge >= 0.3 is 30.0 Å². The number of alkyl halides is 3. The highest BCUT2D eigenvalue weighted by Gasteiger charge is 2.45. The third-order valence-electron chi connectivity index (χ3n) is 9.80. The molecule has 2 aliphatic carbocycles. The highest BCUT2D eigenvalue weighted by atomic mass is 35.5. The number of aromatic nitrogens is 5. The molecule has 4 aromatic rings. The molecule has 5 N–H and O–H groups in total. The maximum absolute atomic E-state index is 13.2. The number of anilines is 3. The van der Waals surface area contributed by atoms with Crippen molar-refractivity contribution < 1.29 is 41.8 Å². The molecule has 0 bridgehead atoms. The van der Waals surface area contributed by atoms with E-state index >= 15 is 0 Å². The Morgan fingerprint density at radius 3 is 2.26 bits per heavy atom. The fourth-order valence-electron chi connectivity index (χ4n) is 6.23. The topological polar surface area (TPSA) is 203 Å². The summed E-state index contributed by atoms with van der Waals surface area (Å²) in [6, 6.07) is 11.3. The number of nitrogens with one attached hydrogen (secondary N) is 5. The Morgan fingerprint density at radius 1 is 0.931 bits per heavy atom. The second kappa shape index (κ2) is 17.7. The second-order valence-corrected chi connectivity index (χ2v) is 14.6. The van der Waals surface area contributed by atoms with E-state index in [2.05, 4.69) is 51.1 Å². The van der Waals surface area contributed by atoms with E-state index in [0.29, 0.717) is 36.6 Å². The number of ether oxygens (including phenoxy) is 2. The third kappa shape index (κ3) is 11.1. The van der Waals surface area contributed by atoms with E-state index in [1.54, 1.807) is 18.3 Å². The van der Waals surface area contributed by atoms with Gasteiger partial charge in [-0.25, -0.2) is 9.78 Å². The van der Waals surface area contributed by atoms with Crippen molar-refractivity contribution in [2.45, 2.75) is 69.8 Å². The Balaban J connectivity index is 1.02. The predicted octanol–water partition coefficient (Wildman–Crippen LogP) is 4.44. The van der Waals surface area contributed by atoms with Crippen LogP contribution < -0.4 is 31.3 Å². The molecule has 0 unspecified atom stereocenters. The lowest BCUT2D eigenvalue weighted by Gasteiger charge is -2.19. The van der Waals surface area contributed by atoms with Gasteiger partial charge in [-0.3, -0.25) is 14.4 Å². The maximum atomic E-state index is 13.2. The molecule has 308 valence electrons. The summed E-state index contributed by atoms with van der Waals surface area (Å²) >= 11 is 6.04. The number of hydrogen-bond donors (Lipinski definition) is 5. The Labute approximate surface area is 336 Å². The van der Waals surface area contributed by atoms with Gasteiger partial charge in [0.25, 0.3) is 5.91 Å². The predicted molar refractivity (Wildman–Crippen MR) is 204 cm³/mol. The molecule has 16 nitrogen and oxygen atoms in total. The van der Waals surface area contributed by atoms with Gasteiger partial charge < -0.3 is 40.6 Å². The smallest absolute Gasteiger partial charge is 0.422 e. The number of halogens is 4. The third-order valence-corrected chi connectivity index (χ3v) is 10.1. The van der Waals surface area contributed by atoms with E-state index in [0.717, 1.165) is 37.8 Å². The molecule has 0 spiro atoms. The average molecular weight is 827 g/mol. The van der Waals surface area contributed by atoms with Crippen LogP contribution in [-0.4, -0.2) is 87.2 Å². The SMILES string of the molecule is CCc1nccn1CC1(CNC(=O)C(=O)NCC[C@@H](NC(=O)c2ccc(Nc3nc(NC4(c5ccc(Cl)cc5)CC4)nc(OCC(F)(F)F)n3)cc2)C(=O)OC)CC1. The van der Waals surface area contributed by atoms with E-state index in [1.807, 2.05) is 25.3 Å². The van der Waals surface area contributed by atoms with Crippen molar-refractivity contribution in [1.29, 1.82) is 0 Å². The molecule has 2 aliphatic rings. The number of esters is 1. The van der Waals surface area contributed by atoms with Gasteiger partial charge in [0.1, 0.15) is 11.9 Å². The number of imidazole rings is 1. The second-order valence-electron chi connectivity index (χ2n) is 14.2. The lowest BCUT2D eigenvalue weighted by Crippen LogP contribution is -2.46. The normalized spacial score (nSPS) is 15.3. The monoisotopic (exact) mass is 826 g/mol. The van der Waals surface area contributed by atoms with Crippen molar-refractivity contribution in [1.82, 2.24) is 40.5 Å². The molecule has 0 aliphatic heterocycles. The Bertz CT molecular complexity index is 2110. The van der Waals surface area contributed by atoms with E-state index in [-0.39, 0.29) is 35.8 Å². The van der Waals surface area contributed by atoms with Crippen LogP contribution in [0.15, 0.2) is 60.9 Å².